The molecule has 3 atom stereocenters. The fourth-order valence-electron chi connectivity index (χ4n) is 3.33. The zero-order chi connectivity index (χ0) is 17.1. The molecule has 7 heteroatoms. The van der Waals surface area contributed by atoms with Crippen LogP contribution in [0.3, 0.4) is 0 Å². The highest BCUT2D eigenvalue weighted by Gasteiger charge is 2.30. The summed E-state index contributed by atoms with van der Waals surface area (Å²) in [5.41, 5.74) is 1.58. The molecule has 2 aliphatic rings. The van der Waals surface area contributed by atoms with Gasteiger partial charge in [-0.25, -0.2) is 0 Å². The molecule has 0 bridgehead atoms. The van der Waals surface area contributed by atoms with Crippen molar-refractivity contribution in [3.05, 3.63) is 35.4 Å². The quantitative estimate of drug-likeness (QED) is 0.696. The fraction of sp³-hybridized carbons (Fsp3) is 0.500. The van der Waals surface area contributed by atoms with Crippen molar-refractivity contribution in [3.63, 3.8) is 0 Å². The predicted molar refractivity (Wildman–Crippen MR) is 96.6 cm³/mol. The Morgan fingerprint density at radius 3 is 2.56 bits per heavy atom. The van der Waals surface area contributed by atoms with Crippen LogP contribution >= 0.6 is 12.4 Å². The van der Waals surface area contributed by atoms with Gasteiger partial charge in [-0.05, 0) is 49.5 Å². The Morgan fingerprint density at radius 2 is 1.96 bits per heavy atom. The highest BCUT2D eigenvalue weighted by Crippen LogP contribution is 2.18. The van der Waals surface area contributed by atoms with Crippen LogP contribution in [0.15, 0.2) is 24.3 Å². The maximum atomic E-state index is 12.4. The van der Waals surface area contributed by atoms with Crippen LogP contribution in [0.1, 0.15) is 35.7 Å². The highest BCUT2D eigenvalue weighted by molar-refractivity contribution is 6.03. The number of halogens is 1. The fourth-order valence-corrected chi connectivity index (χ4v) is 3.33. The van der Waals surface area contributed by atoms with Crippen molar-refractivity contribution in [2.24, 2.45) is 11.8 Å². The molecular weight excluding hydrogens is 342 g/mol. The van der Waals surface area contributed by atoms with Gasteiger partial charge >= 0.3 is 0 Å². The summed E-state index contributed by atoms with van der Waals surface area (Å²) in [5, 5.41) is 8.74. The third kappa shape index (κ3) is 4.80. The van der Waals surface area contributed by atoms with Crippen LogP contribution in [-0.4, -0.2) is 36.9 Å². The normalized spacial score (nSPS) is 25.9. The summed E-state index contributed by atoms with van der Waals surface area (Å²) in [4.78, 5) is 35.2. The van der Waals surface area contributed by atoms with Gasteiger partial charge in [0.25, 0.3) is 5.91 Å². The molecular formula is C18H24ClN3O3. The van der Waals surface area contributed by atoms with Gasteiger partial charge in [-0.3, -0.25) is 19.7 Å². The molecule has 2 heterocycles. The number of hydrogen-bond donors (Lipinski definition) is 3. The minimum atomic E-state index is -0.298. The maximum Gasteiger partial charge on any atom is 0.251 e. The first-order valence-corrected chi connectivity index (χ1v) is 8.47. The van der Waals surface area contributed by atoms with Crippen molar-refractivity contribution in [2.45, 2.75) is 32.2 Å². The standard InChI is InChI=1S/C18H23N3O3.ClH/c1-11-10-19-7-6-15(11)20-17(23)13-4-2-12(3-5-13)8-14-9-16(22)21-18(14)24;/h2-5,11,14-15,19H,6-10H2,1H3,(H,20,23)(H,21,22,24);1H. The van der Waals surface area contributed by atoms with Crippen LogP contribution in [0.4, 0.5) is 0 Å². The average molecular weight is 366 g/mol. The first-order chi connectivity index (χ1) is 11.5. The van der Waals surface area contributed by atoms with E-state index in [4.69, 9.17) is 0 Å². The lowest BCUT2D eigenvalue weighted by atomic mass is 9.94. The Labute approximate surface area is 153 Å². The first kappa shape index (κ1) is 19.4. The van der Waals surface area contributed by atoms with Crippen molar-refractivity contribution in [1.82, 2.24) is 16.0 Å². The molecule has 3 rings (SSSR count). The molecule has 1 aromatic carbocycles. The average Bonchev–Trinajstić information content (AvgIpc) is 2.88. The minimum absolute atomic E-state index is 0. The van der Waals surface area contributed by atoms with Crippen molar-refractivity contribution >= 4 is 30.1 Å². The number of hydrogen-bond acceptors (Lipinski definition) is 4. The zero-order valence-electron chi connectivity index (χ0n) is 14.2. The number of carbonyl (C=O) groups excluding carboxylic acids is 3. The smallest absolute Gasteiger partial charge is 0.251 e. The molecule has 25 heavy (non-hydrogen) atoms. The molecule has 2 aliphatic heterocycles. The molecule has 1 aromatic rings. The largest absolute Gasteiger partial charge is 0.349 e. The van der Waals surface area contributed by atoms with Crippen molar-refractivity contribution in [1.29, 1.82) is 0 Å². The molecule has 3 amide bonds. The van der Waals surface area contributed by atoms with Gasteiger partial charge in [-0.1, -0.05) is 19.1 Å². The number of piperidine rings is 1. The van der Waals surface area contributed by atoms with Crippen LogP contribution in [0.5, 0.6) is 0 Å². The van der Waals surface area contributed by atoms with Gasteiger partial charge in [0, 0.05) is 18.0 Å². The zero-order valence-corrected chi connectivity index (χ0v) is 15.0. The molecule has 0 radical (unpaired) electrons. The lowest BCUT2D eigenvalue weighted by molar-refractivity contribution is -0.125. The van der Waals surface area contributed by atoms with E-state index < -0.39 is 0 Å². The van der Waals surface area contributed by atoms with Gasteiger partial charge in [0.15, 0.2) is 0 Å². The summed E-state index contributed by atoms with van der Waals surface area (Å²) < 4.78 is 0. The maximum absolute atomic E-state index is 12.4. The van der Waals surface area contributed by atoms with E-state index in [2.05, 4.69) is 22.9 Å². The third-order valence-corrected chi connectivity index (χ3v) is 4.87. The van der Waals surface area contributed by atoms with E-state index in [1.807, 2.05) is 12.1 Å². The van der Waals surface area contributed by atoms with Crippen LogP contribution in [0, 0.1) is 11.8 Å². The number of amides is 3. The Hall–Kier alpha value is -1.92. The Morgan fingerprint density at radius 1 is 1.24 bits per heavy atom. The number of benzene rings is 1. The second-order valence-corrected chi connectivity index (χ2v) is 6.76. The summed E-state index contributed by atoms with van der Waals surface area (Å²) in [6, 6.07) is 7.48. The van der Waals surface area contributed by atoms with Crippen LogP contribution in [0.2, 0.25) is 0 Å². The van der Waals surface area contributed by atoms with E-state index in [1.165, 1.54) is 0 Å². The number of rotatable bonds is 4. The van der Waals surface area contributed by atoms with Gasteiger partial charge in [0.2, 0.25) is 11.8 Å². The second kappa shape index (κ2) is 8.45. The van der Waals surface area contributed by atoms with Crippen LogP contribution < -0.4 is 16.0 Å². The van der Waals surface area contributed by atoms with Crippen molar-refractivity contribution in [3.8, 4) is 0 Å². The molecule has 3 unspecified atom stereocenters. The van der Waals surface area contributed by atoms with Gasteiger partial charge in [0.1, 0.15) is 0 Å². The van der Waals surface area contributed by atoms with E-state index in [-0.39, 0.29) is 48.5 Å². The summed E-state index contributed by atoms with van der Waals surface area (Å²) in [7, 11) is 0. The number of carbonyl (C=O) groups is 3. The van der Waals surface area contributed by atoms with E-state index in [1.54, 1.807) is 12.1 Å². The van der Waals surface area contributed by atoms with E-state index in [0.29, 0.717) is 17.9 Å². The summed E-state index contributed by atoms with van der Waals surface area (Å²) in [6.45, 7) is 3.98. The van der Waals surface area contributed by atoms with Gasteiger partial charge < -0.3 is 10.6 Å². The summed E-state index contributed by atoms with van der Waals surface area (Å²) >= 11 is 0. The van der Waals surface area contributed by atoms with Gasteiger partial charge in [-0.15, -0.1) is 12.4 Å². The topological polar surface area (TPSA) is 87.3 Å². The number of nitrogens with one attached hydrogen (secondary N) is 3. The molecule has 2 saturated heterocycles. The molecule has 136 valence electrons. The first-order valence-electron chi connectivity index (χ1n) is 8.47. The lowest BCUT2D eigenvalue weighted by Crippen LogP contribution is -2.48. The molecule has 0 aromatic heterocycles. The molecule has 0 spiro atoms. The van der Waals surface area contributed by atoms with Gasteiger partial charge in [0.05, 0.1) is 5.92 Å². The molecule has 0 aliphatic carbocycles. The molecule has 3 N–H and O–H groups in total. The summed E-state index contributed by atoms with van der Waals surface area (Å²) in [5.74, 6) is -0.360. The van der Waals surface area contributed by atoms with E-state index in [0.717, 1.165) is 25.1 Å². The van der Waals surface area contributed by atoms with Gasteiger partial charge in [-0.2, -0.15) is 0 Å². The SMILES string of the molecule is CC1CNCCC1NC(=O)c1ccc(CC2CC(=O)NC2=O)cc1.Cl. The molecule has 0 saturated carbocycles. The third-order valence-electron chi connectivity index (χ3n) is 4.87. The summed E-state index contributed by atoms with van der Waals surface area (Å²) in [6.07, 6.45) is 1.70. The Balaban J connectivity index is 0.00000225. The lowest BCUT2D eigenvalue weighted by Gasteiger charge is -2.30. The molecule has 6 nitrogen and oxygen atoms in total. The monoisotopic (exact) mass is 365 g/mol. The van der Waals surface area contributed by atoms with Crippen LogP contribution in [-0.2, 0) is 16.0 Å². The van der Waals surface area contributed by atoms with E-state index in [9.17, 15) is 14.4 Å². The highest BCUT2D eigenvalue weighted by atomic mass is 35.5. The van der Waals surface area contributed by atoms with Crippen LogP contribution in [0.25, 0.3) is 0 Å². The predicted octanol–water partition coefficient (Wildman–Crippen LogP) is 1.04. The number of imide groups is 1. The minimum Gasteiger partial charge on any atom is -0.349 e. The Bertz CT molecular complexity index is 647. The Kier molecular flexibility index (Phi) is 6.56. The second-order valence-electron chi connectivity index (χ2n) is 6.76. The van der Waals surface area contributed by atoms with E-state index >= 15 is 0 Å². The molecule has 2 fully saturated rings. The van der Waals surface area contributed by atoms with Crippen molar-refractivity contribution < 1.29 is 14.4 Å². The van der Waals surface area contributed by atoms with Crippen molar-refractivity contribution in [2.75, 3.05) is 13.1 Å².